The lowest BCUT2D eigenvalue weighted by Gasteiger charge is -2.42. The van der Waals surface area contributed by atoms with Crippen LogP contribution in [-0.2, 0) is 23.1 Å². The largest absolute Gasteiger partial charge is 0.487 e. The van der Waals surface area contributed by atoms with Crippen LogP contribution in [0.5, 0.6) is 5.75 Å². The summed E-state index contributed by atoms with van der Waals surface area (Å²) in [5.41, 5.74) is 3.13. The normalized spacial score (nSPS) is 27.3. The van der Waals surface area contributed by atoms with E-state index in [1.807, 2.05) is 24.3 Å². The van der Waals surface area contributed by atoms with E-state index in [0.29, 0.717) is 30.3 Å². The first-order valence-electron chi connectivity index (χ1n) is 14.3. The summed E-state index contributed by atoms with van der Waals surface area (Å²) < 4.78 is 34.8. The Balaban J connectivity index is 1.53. The van der Waals surface area contributed by atoms with Crippen LogP contribution >= 0.6 is 11.6 Å². The van der Waals surface area contributed by atoms with E-state index in [0.717, 1.165) is 55.5 Å². The van der Waals surface area contributed by atoms with Crippen LogP contribution in [0.2, 0.25) is 5.02 Å². The molecule has 2 aromatic carbocycles. The molecule has 1 saturated carbocycles. The molecule has 5 rings (SSSR count). The molecule has 8 nitrogen and oxygen atoms in total. The van der Waals surface area contributed by atoms with Gasteiger partial charge in [0.2, 0.25) is 10.0 Å². The minimum absolute atomic E-state index is 0.0956. The molecule has 2 N–H and O–H groups in total. The molecule has 3 aliphatic rings. The summed E-state index contributed by atoms with van der Waals surface area (Å²) >= 11 is 6.28. The topological polar surface area (TPSA) is 120 Å². The summed E-state index contributed by atoms with van der Waals surface area (Å²) in [7, 11) is -4.11. The maximum atomic E-state index is 13.3. The zero-order valence-electron chi connectivity index (χ0n) is 23.0. The predicted molar refractivity (Wildman–Crippen MR) is 158 cm³/mol. The average Bonchev–Trinajstić information content (AvgIpc) is 2.95. The Kier molecular flexibility index (Phi) is 9.22. The smallest absolute Gasteiger partial charge is 0.264 e. The molecule has 1 aliphatic carbocycles. The number of aliphatic hydroxyl groups excluding tert-OH is 1. The van der Waals surface area contributed by atoms with E-state index in [2.05, 4.69) is 9.62 Å². The van der Waals surface area contributed by atoms with Crippen molar-refractivity contribution in [2.45, 2.75) is 69.3 Å². The molecule has 10 heteroatoms. The molecule has 41 heavy (non-hydrogen) atoms. The van der Waals surface area contributed by atoms with Crippen molar-refractivity contribution < 1.29 is 23.1 Å². The van der Waals surface area contributed by atoms with Gasteiger partial charge >= 0.3 is 0 Å². The molecule has 2 aromatic rings. The Morgan fingerprint density at radius 2 is 1.98 bits per heavy atom. The molecule has 2 aliphatic heterocycles. The number of anilines is 1. The fraction of sp³-hybridized carbons (Fsp3) is 0.484. The third-order valence-corrected chi connectivity index (χ3v) is 10.6. The van der Waals surface area contributed by atoms with Crippen molar-refractivity contribution in [1.29, 1.82) is 5.26 Å². The Morgan fingerprint density at radius 1 is 1.12 bits per heavy atom. The molecule has 4 atom stereocenters. The Bertz CT molecular complexity index is 1450. The first kappa shape index (κ1) is 29.4. The summed E-state index contributed by atoms with van der Waals surface area (Å²) in [6.07, 6.45) is 7.85. The van der Waals surface area contributed by atoms with Crippen LogP contribution in [0.1, 0.15) is 66.4 Å². The summed E-state index contributed by atoms with van der Waals surface area (Å²) in [4.78, 5) is 15.5. The average molecular weight is 598 g/mol. The van der Waals surface area contributed by atoms with E-state index < -0.39 is 27.3 Å². The number of halogens is 1. The van der Waals surface area contributed by atoms with Crippen LogP contribution in [0.15, 0.2) is 48.6 Å². The highest BCUT2D eigenvalue weighted by molar-refractivity contribution is 7.90. The van der Waals surface area contributed by atoms with Crippen molar-refractivity contribution >= 4 is 33.2 Å². The van der Waals surface area contributed by atoms with Gasteiger partial charge in [-0.3, -0.25) is 4.79 Å². The first-order valence-corrected chi connectivity index (χ1v) is 16.2. The number of nitrogens with one attached hydrogen (secondary N) is 1. The molecule has 0 saturated heterocycles. The lowest BCUT2D eigenvalue weighted by atomic mass is 9.70. The number of nitriles is 1. The number of carbonyl (C=O) groups is 1. The van der Waals surface area contributed by atoms with E-state index in [4.69, 9.17) is 16.3 Å². The third kappa shape index (κ3) is 6.88. The molecule has 0 spiro atoms. The molecule has 0 aromatic heterocycles. The number of allylic oxidation sites excluding steroid dienone is 1. The van der Waals surface area contributed by atoms with Crippen LogP contribution in [0.4, 0.5) is 5.69 Å². The maximum absolute atomic E-state index is 13.3. The number of ether oxygens (including phenoxy) is 1. The van der Waals surface area contributed by atoms with Crippen molar-refractivity contribution in [3.63, 3.8) is 0 Å². The molecule has 2 bridgehead atoms. The highest BCUT2D eigenvalue weighted by atomic mass is 35.5. The molecule has 2 heterocycles. The number of fused-ring (bicyclic) bond motifs is 3. The minimum Gasteiger partial charge on any atom is -0.487 e. The SMILES string of the molecule is N#CC[C@@H]1CC/C=C\[C@H](O)[C@@H]2CC[C@H]2CN2CCCCc3cc(Cl)ccc3COc3ccc(cc32)C(=O)NS1(=O)=O. The Hall–Kier alpha value is -3.06. The molecular weight excluding hydrogens is 562 g/mol. The number of carbonyl (C=O) groups excluding carboxylic acids is 1. The number of benzene rings is 2. The fourth-order valence-corrected chi connectivity index (χ4v) is 7.51. The van der Waals surface area contributed by atoms with E-state index in [9.17, 15) is 23.6 Å². The van der Waals surface area contributed by atoms with Crippen molar-refractivity contribution in [3.05, 3.63) is 70.3 Å². The van der Waals surface area contributed by atoms with Gasteiger partial charge in [-0.15, -0.1) is 0 Å². The zero-order chi connectivity index (χ0) is 29.0. The van der Waals surface area contributed by atoms with Crippen LogP contribution in [0.25, 0.3) is 0 Å². The molecule has 0 radical (unpaired) electrons. The van der Waals surface area contributed by atoms with Crippen molar-refractivity contribution in [3.8, 4) is 11.8 Å². The number of amides is 1. The van der Waals surface area contributed by atoms with E-state index in [1.165, 1.54) is 0 Å². The second-order valence-electron chi connectivity index (χ2n) is 11.2. The highest BCUT2D eigenvalue weighted by Crippen LogP contribution is 2.41. The van der Waals surface area contributed by atoms with Gasteiger partial charge in [0.15, 0.2) is 0 Å². The summed E-state index contributed by atoms with van der Waals surface area (Å²) in [6.45, 7) is 1.74. The second-order valence-corrected chi connectivity index (χ2v) is 13.6. The van der Waals surface area contributed by atoms with Gasteiger partial charge in [-0.05, 0) is 98.2 Å². The van der Waals surface area contributed by atoms with Gasteiger partial charge in [0.05, 0.1) is 29.5 Å². The van der Waals surface area contributed by atoms with E-state index >= 15 is 0 Å². The first-order chi connectivity index (χ1) is 19.7. The molecule has 1 fully saturated rings. The molecular formula is C31H36ClN3O5S. The quantitative estimate of drug-likeness (QED) is 0.437. The highest BCUT2D eigenvalue weighted by Gasteiger charge is 2.37. The molecule has 1 amide bonds. The van der Waals surface area contributed by atoms with Gasteiger partial charge in [-0.2, -0.15) is 5.26 Å². The number of nitrogens with zero attached hydrogens (tertiary/aromatic N) is 2. The standard InChI is InChI=1S/C31H36ClN3O5S/c32-25-11-8-24-20-40-30-13-10-22-18-28(30)35(16-4-3-5-21(24)17-25)19-23-9-12-27(23)29(36)7-2-1-6-26(14-15-33)41(38,39)34-31(22)37/h2,7-8,10-11,13,17-18,23,26-27,29,36H,1,3-6,9,12,14,16,19-20H2,(H,34,37)/b7-2-/t23-,26-,27+,29-/m0/s1. The number of hydrogen-bond acceptors (Lipinski definition) is 7. The van der Waals surface area contributed by atoms with Gasteiger partial charge in [0.1, 0.15) is 12.4 Å². The third-order valence-electron chi connectivity index (χ3n) is 8.59. The van der Waals surface area contributed by atoms with Gasteiger partial charge in [0.25, 0.3) is 5.91 Å². The van der Waals surface area contributed by atoms with E-state index in [-0.39, 0.29) is 30.2 Å². The Morgan fingerprint density at radius 3 is 2.76 bits per heavy atom. The zero-order valence-corrected chi connectivity index (χ0v) is 24.5. The van der Waals surface area contributed by atoms with Crippen LogP contribution < -0.4 is 14.4 Å². The number of sulfonamides is 1. The Labute approximate surface area is 247 Å². The maximum Gasteiger partial charge on any atom is 0.264 e. The monoisotopic (exact) mass is 597 g/mol. The van der Waals surface area contributed by atoms with Crippen LogP contribution in [0.3, 0.4) is 0 Å². The number of hydrogen-bond donors (Lipinski definition) is 2. The van der Waals surface area contributed by atoms with Crippen molar-refractivity contribution in [2.24, 2.45) is 11.8 Å². The van der Waals surface area contributed by atoms with Gasteiger partial charge in [-0.1, -0.05) is 29.8 Å². The summed E-state index contributed by atoms with van der Waals surface area (Å²) in [5, 5.41) is 19.9. The molecule has 218 valence electrons. The second kappa shape index (κ2) is 12.8. The molecule has 0 unspecified atom stereocenters. The lowest BCUT2D eigenvalue weighted by molar-refractivity contribution is 0.0461. The van der Waals surface area contributed by atoms with Gasteiger partial charge < -0.3 is 14.7 Å². The van der Waals surface area contributed by atoms with Crippen molar-refractivity contribution in [1.82, 2.24) is 4.72 Å². The van der Waals surface area contributed by atoms with Crippen LogP contribution in [0, 0.1) is 23.2 Å². The number of aliphatic hydroxyl groups is 1. The fourth-order valence-electron chi connectivity index (χ4n) is 6.03. The summed E-state index contributed by atoms with van der Waals surface area (Å²) in [6, 6.07) is 12.8. The predicted octanol–water partition coefficient (Wildman–Crippen LogP) is 5.14. The van der Waals surface area contributed by atoms with Crippen molar-refractivity contribution in [2.75, 3.05) is 18.0 Å². The number of rotatable bonds is 1. The number of aryl methyl sites for hydroxylation is 1. The van der Waals surface area contributed by atoms with E-state index in [1.54, 1.807) is 30.4 Å². The minimum atomic E-state index is -4.11. The van der Waals surface area contributed by atoms with Crippen LogP contribution in [-0.4, -0.2) is 43.9 Å². The lowest BCUT2D eigenvalue weighted by Crippen LogP contribution is -2.43. The van der Waals surface area contributed by atoms with Gasteiger partial charge in [-0.25, -0.2) is 13.1 Å². The van der Waals surface area contributed by atoms with Gasteiger partial charge in [0, 0.05) is 23.7 Å². The summed E-state index contributed by atoms with van der Waals surface area (Å²) in [5.74, 6) is 0.232.